The molecule has 6 nitrogen and oxygen atoms in total. The van der Waals surface area contributed by atoms with Crippen LogP contribution in [-0.2, 0) is 23.1 Å². The topological polar surface area (TPSA) is 90.1 Å². The van der Waals surface area contributed by atoms with E-state index in [1.54, 1.807) is 24.0 Å². The number of aliphatic hydroxyl groups excluding tert-OH is 1. The predicted molar refractivity (Wildman–Crippen MR) is 99.5 cm³/mol. The first-order valence-corrected chi connectivity index (χ1v) is 10.4. The van der Waals surface area contributed by atoms with Crippen LogP contribution in [0.4, 0.5) is 14.7 Å². The molecule has 1 aliphatic carbocycles. The Hall–Kier alpha value is -2.44. The van der Waals surface area contributed by atoms with Crippen molar-refractivity contribution in [1.82, 2.24) is 9.97 Å². The van der Waals surface area contributed by atoms with Gasteiger partial charge in [0.2, 0.25) is 5.95 Å². The Morgan fingerprint density at radius 2 is 2.14 bits per heavy atom. The largest absolute Gasteiger partial charge is 0.389 e. The van der Waals surface area contributed by atoms with Crippen LogP contribution in [0.1, 0.15) is 30.2 Å². The van der Waals surface area contributed by atoms with Crippen LogP contribution in [0, 0.1) is 11.3 Å². The summed E-state index contributed by atoms with van der Waals surface area (Å²) in [7, 11) is -1.41. The maximum Gasteiger partial charge on any atom is 0.290 e. The number of fused-ring (bicyclic) bond motifs is 1. The Balaban J connectivity index is 1.90. The average Bonchev–Trinajstić information content (AvgIpc) is 2.99. The van der Waals surface area contributed by atoms with Crippen LogP contribution in [0.2, 0.25) is 0 Å². The molecule has 4 rings (SSSR count). The zero-order chi connectivity index (χ0) is 20.2. The minimum absolute atomic E-state index is 0.140. The van der Waals surface area contributed by atoms with E-state index in [9.17, 15) is 23.4 Å². The van der Waals surface area contributed by atoms with E-state index in [2.05, 4.69) is 9.97 Å². The Bertz CT molecular complexity index is 1040. The quantitative estimate of drug-likeness (QED) is 0.845. The van der Waals surface area contributed by atoms with E-state index in [0.29, 0.717) is 21.7 Å². The van der Waals surface area contributed by atoms with E-state index >= 15 is 0 Å². The van der Waals surface area contributed by atoms with Crippen LogP contribution in [0.15, 0.2) is 23.1 Å². The molecule has 1 saturated heterocycles. The summed E-state index contributed by atoms with van der Waals surface area (Å²) in [4.78, 5) is 10.7. The molecule has 1 unspecified atom stereocenters. The summed E-state index contributed by atoms with van der Waals surface area (Å²) in [5.74, 6) is -2.89. The molecule has 0 saturated carbocycles. The number of nitrogens with zero attached hydrogens (tertiary/aromatic N) is 4. The monoisotopic (exact) mass is 404 g/mol. The molecule has 0 spiro atoms. The second-order valence-electron chi connectivity index (χ2n) is 7.14. The van der Waals surface area contributed by atoms with Crippen LogP contribution in [0.5, 0.6) is 0 Å². The van der Waals surface area contributed by atoms with Gasteiger partial charge in [-0.05, 0) is 25.5 Å². The number of aliphatic hydroxyl groups is 1. The number of benzene rings is 1. The third-order valence-corrected chi connectivity index (χ3v) is 6.36. The molecule has 1 aromatic carbocycles. The van der Waals surface area contributed by atoms with E-state index in [4.69, 9.17) is 0 Å². The number of rotatable bonds is 3. The highest BCUT2D eigenvalue weighted by molar-refractivity contribution is 7.84. The van der Waals surface area contributed by atoms with Gasteiger partial charge in [-0.1, -0.05) is 6.07 Å². The van der Waals surface area contributed by atoms with Crippen molar-refractivity contribution in [3.05, 3.63) is 35.0 Å². The molecule has 1 aliphatic heterocycles. The van der Waals surface area contributed by atoms with Gasteiger partial charge in [-0.3, -0.25) is 4.21 Å². The molecule has 0 amide bonds. The van der Waals surface area contributed by atoms with Crippen LogP contribution in [0.25, 0.3) is 11.3 Å². The highest BCUT2D eigenvalue weighted by Gasteiger charge is 2.45. The molecular weight excluding hydrogens is 386 g/mol. The van der Waals surface area contributed by atoms with Crippen molar-refractivity contribution in [2.45, 2.75) is 42.7 Å². The zero-order valence-corrected chi connectivity index (χ0v) is 16.1. The predicted octanol–water partition coefficient (Wildman–Crippen LogP) is 2.36. The smallest absolute Gasteiger partial charge is 0.290 e. The van der Waals surface area contributed by atoms with Crippen molar-refractivity contribution in [3.63, 3.8) is 0 Å². The fourth-order valence-electron chi connectivity index (χ4n) is 3.63. The first-order valence-electron chi connectivity index (χ1n) is 8.85. The van der Waals surface area contributed by atoms with Gasteiger partial charge < -0.3 is 10.0 Å². The fourth-order valence-corrected chi connectivity index (χ4v) is 4.35. The molecule has 0 bridgehead atoms. The van der Waals surface area contributed by atoms with Gasteiger partial charge in [-0.2, -0.15) is 14.0 Å². The van der Waals surface area contributed by atoms with Crippen molar-refractivity contribution in [1.29, 1.82) is 5.26 Å². The Morgan fingerprint density at radius 3 is 2.75 bits per heavy atom. The van der Waals surface area contributed by atoms with Crippen LogP contribution in [-0.4, -0.2) is 44.2 Å². The number of hydrogen-bond acceptors (Lipinski definition) is 6. The third-order valence-electron chi connectivity index (χ3n) is 5.41. The van der Waals surface area contributed by atoms with E-state index in [0.717, 1.165) is 0 Å². The summed E-state index contributed by atoms with van der Waals surface area (Å²) < 4.78 is 40.9. The first kappa shape index (κ1) is 18.9. The lowest BCUT2D eigenvalue weighted by molar-refractivity contribution is -0.00603. The highest BCUT2D eigenvalue weighted by Crippen LogP contribution is 2.45. The molecule has 9 heteroatoms. The number of alkyl halides is 2. The number of nitriles is 1. The van der Waals surface area contributed by atoms with Crippen molar-refractivity contribution in [2.24, 2.45) is 0 Å². The van der Waals surface area contributed by atoms with E-state index in [-0.39, 0.29) is 42.6 Å². The fraction of sp³-hybridized carbons (Fsp3) is 0.421. The summed E-state index contributed by atoms with van der Waals surface area (Å²) in [5, 5.41) is 19.0. The second kappa shape index (κ2) is 6.57. The molecule has 146 valence electrons. The molecule has 1 fully saturated rings. The van der Waals surface area contributed by atoms with Crippen molar-refractivity contribution >= 4 is 16.7 Å². The second-order valence-corrected chi connectivity index (χ2v) is 8.49. The Kier molecular flexibility index (Phi) is 4.43. The van der Waals surface area contributed by atoms with Crippen LogP contribution < -0.4 is 4.90 Å². The number of anilines is 1. The lowest BCUT2D eigenvalue weighted by Gasteiger charge is -2.43. The summed E-state index contributed by atoms with van der Waals surface area (Å²) in [6.45, 7) is 2.06. The third kappa shape index (κ3) is 2.88. The molecule has 3 atom stereocenters. The van der Waals surface area contributed by atoms with E-state index < -0.39 is 22.8 Å². The summed E-state index contributed by atoms with van der Waals surface area (Å²) in [6, 6.07) is 6.47. The summed E-state index contributed by atoms with van der Waals surface area (Å²) in [6.07, 6.45) is 0.715. The summed E-state index contributed by atoms with van der Waals surface area (Å²) in [5.41, 5.74) is 1.25. The SMILES string of the molecule is C[C@H]1[C@H](O)CN1c1nc(-c2ccc(C#N)c(S(C)=O)c2)c2c(n1)C(F)(F)CC2. The van der Waals surface area contributed by atoms with Gasteiger partial charge >= 0.3 is 0 Å². The van der Waals surface area contributed by atoms with Gasteiger partial charge in [-0.25, -0.2) is 9.97 Å². The molecule has 1 aromatic heterocycles. The van der Waals surface area contributed by atoms with Crippen molar-refractivity contribution in [2.75, 3.05) is 17.7 Å². The van der Waals surface area contributed by atoms with Crippen molar-refractivity contribution in [3.8, 4) is 17.3 Å². The minimum Gasteiger partial charge on any atom is -0.389 e. The van der Waals surface area contributed by atoms with Gasteiger partial charge in [0, 0.05) is 30.3 Å². The maximum absolute atomic E-state index is 14.4. The van der Waals surface area contributed by atoms with Gasteiger partial charge in [0.05, 0.1) is 39.1 Å². The van der Waals surface area contributed by atoms with Gasteiger partial charge in [-0.15, -0.1) is 0 Å². The number of halogens is 2. The lowest BCUT2D eigenvalue weighted by Crippen LogP contribution is -2.59. The van der Waals surface area contributed by atoms with E-state index in [1.807, 2.05) is 6.07 Å². The maximum atomic E-state index is 14.4. The molecule has 0 radical (unpaired) electrons. The molecule has 28 heavy (non-hydrogen) atoms. The van der Waals surface area contributed by atoms with E-state index in [1.165, 1.54) is 12.3 Å². The highest BCUT2D eigenvalue weighted by atomic mass is 32.2. The minimum atomic E-state index is -3.04. The Labute approximate surface area is 163 Å². The van der Waals surface area contributed by atoms with Gasteiger partial charge in [0.25, 0.3) is 5.92 Å². The number of β-amino-alcohol motifs (C(OH)–C–C–N with tert-alkyl or cyclic N) is 1. The van der Waals surface area contributed by atoms with Crippen LogP contribution in [0.3, 0.4) is 0 Å². The zero-order valence-electron chi connectivity index (χ0n) is 15.3. The molecule has 2 aliphatic rings. The first-order chi connectivity index (χ1) is 13.2. The molecular formula is C19H18F2N4O2S. The molecule has 2 aromatic rings. The van der Waals surface area contributed by atoms with Crippen molar-refractivity contribution < 1.29 is 18.1 Å². The van der Waals surface area contributed by atoms with Crippen LogP contribution >= 0.6 is 0 Å². The number of hydrogen-bond donors (Lipinski definition) is 1. The average molecular weight is 404 g/mol. The van der Waals surface area contributed by atoms with Gasteiger partial charge in [0.15, 0.2) is 0 Å². The molecule has 2 heterocycles. The number of aromatic nitrogens is 2. The summed E-state index contributed by atoms with van der Waals surface area (Å²) >= 11 is 0. The Morgan fingerprint density at radius 1 is 1.39 bits per heavy atom. The standard InChI is InChI=1S/C19H18F2N4O2S/c1-10-14(26)9-25(10)18-23-16(13-5-6-19(20,21)17(13)24-18)11-3-4-12(8-22)15(7-11)28(2)27/h3-4,7,10,14,26H,5-6,9H2,1-2H3/t10-,14+,28?/m0/s1. The van der Waals surface area contributed by atoms with Gasteiger partial charge in [0.1, 0.15) is 11.8 Å². The normalized spacial score (nSPS) is 23.6. The lowest BCUT2D eigenvalue weighted by atomic mass is 10.0. The molecule has 1 N–H and O–H groups in total.